The van der Waals surface area contributed by atoms with E-state index in [1.54, 1.807) is 6.07 Å². The van der Waals surface area contributed by atoms with E-state index in [9.17, 15) is 4.39 Å². The Morgan fingerprint density at radius 2 is 1.79 bits per heavy atom. The van der Waals surface area contributed by atoms with Gasteiger partial charge in [0.2, 0.25) is 0 Å². The molecule has 0 aliphatic heterocycles. The van der Waals surface area contributed by atoms with E-state index in [1.165, 1.54) is 17.7 Å². The number of nitrogens with zero attached hydrogens (tertiary/aromatic N) is 1. The van der Waals surface area contributed by atoms with Gasteiger partial charge in [-0.05, 0) is 42.4 Å². The second-order valence-electron chi connectivity index (χ2n) is 4.65. The molecule has 0 unspecified atom stereocenters. The number of anilines is 1. The van der Waals surface area contributed by atoms with Crippen molar-refractivity contribution in [2.45, 2.75) is 13.1 Å². The van der Waals surface area contributed by atoms with Crippen LogP contribution in [0.1, 0.15) is 11.1 Å². The van der Waals surface area contributed by atoms with Crippen molar-refractivity contribution in [1.82, 2.24) is 4.90 Å². The molecule has 2 N–H and O–H groups in total. The molecular formula is C15H16ClFN2. The van der Waals surface area contributed by atoms with Gasteiger partial charge in [0.1, 0.15) is 5.82 Å². The minimum atomic E-state index is -0.310. The summed E-state index contributed by atoms with van der Waals surface area (Å²) in [6, 6.07) is 12.3. The van der Waals surface area contributed by atoms with Gasteiger partial charge in [-0.1, -0.05) is 29.8 Å². The van der Waals surface area contributed by atoms with E-state index >= 15 is 0 Å². The largest absolute Gasteiger partial charge is 0.399 e. The predicted octanol–water partition coefficient (Wildman–Crippen LogP) is 3.69. The van der Waals surface area contributed by atoms with Crippen LogP contribution in [0.25, 0.3) is 0 Å². The van der Waals surface area contributed by atoms with Gasteiger partial charge in [-0.15, -0.1) is 0 Å². The zero-order valence-electron chi connectivity index (χ0n) is 10.7. The van der Waals surface area contributed by atoms with E-state index in [-0.39, 0.29) is 5.82 Å². The molecule has 0 heterocycles. The molecule has 0 spiro atoms. The third-order valence-corrected chi connectivity index (χ3v) is 3.24. The molecule has 4 heteroatoms. The number of rotatable bonds is 4. The first kappa shape index (κ1) is 13.8. The monoisotopic (exact) mass is 278 g/mol. The molecule has 0 fully saturated rings. The van der Waals surface area contributed by atoms with E-state index < -0.39 is 0 Å². The van der Waals surface area contributed by atoms with Crippen LogP contribution in [-0.2, 0) is 13.1 Å². The molecule has 0 amide bonds. The molecule has 0 aliphatic rings. The molecule has 2 aromatic carbocycles. The van der Waals surface area contributed by atoms with Crippen molar-refractivity contribution >= 4 is 17.3 Å². The summed E-state index contributed by atoms with van der Waals surface area (Å²) in [6.45, 7) is 1.46. The zero-order chi connectivity index (χ0) is 13.8. The fourth-order valence-corrected chi connectivity index (χ4v) is 2.16. The fourth-order valence-electron chi connectivity index (χ4n) is 1.93. The van der Waals surface area contributed by atoms with Gasteiger partial charge >= 0.3 is 0 Å². The first-order chi connectivity index (χ1) is 9.04. The van der Waals surface area contributed by atoms with Gasteiger partial charge in [0.15, 0.2) is 0 Å². The number of nitrogen functional groups attached to an aromatic ring is 1. The SMILES string of the molecule is CN(Cc1ccc(N)cc1)Cc1ccc(F)cc1Cl. The second-order valence-corrected chi connectivity index (χ2v) is 5.06. The maximum atomic E-state index is 13.0. The summed E-state index contributed by atoms with van der Waals surface area (Å²) in [5.74, 6) is -0.310. The van der Waals surface area contributed by atoms with Crippen molar-refractivity contribution in [3.05, 3.63) is 64.4 Å². The molecule has 2 nitrogen and oxygen atoms in total. The van der Waals surface area contributed by atoms with E-state index in [4.69, 9.17) is 17.3 Å². The zero-order valence-corrected chi connectivity index (χ0v) is 11.5. The minimum Gasteiger partial charge on any atom is -0.399 e. The Morgan fingerprint density at radius 3 is 2.42 bits per heavy atom. The highest BCUT2D eigenvalue weighted by molar-refractivity contribution is 6.31. The first-order valence-corrected chi connectivity index (χ1v) is 6.39. The van der Waals surface area contributed by atoms with Crippen molar-refractivity contribution in [2.75, 3.05) is 12.8 Å². The average Bonchev–Trinajstić information content (AvgIpc) is 2.36. The third kappa shape index (κ3) is 3.94. The number of benzene rings is 2. The lowest BCUT2D eigenvalue weighted by Gasteiger charge is -2.17. The van der Waals surface area contributed by atoms with Gasteiger partial charge < -0.3 is 5.73 Å². The lowest BCUT2D eigenvalue weighted by molar-refractivity contribution is 0.319. The third-order valence-electron chi connectivity index (χ3n) is 2.89. The lowest BCUT2D eigenvalue weighted by atomic mass is 10.1. The maximum Gasteiger partial charge on any atom is 0.124 e. The molecule has 2 rings (SSSR count). The molecule has 0 aromatic heterocycles. The molecular weight excluding hydrogens is 263 g/mol. The van der Waals surface area contributed by atoms with Gasteiger partial charge in [0, 0.05) is 23.8 Å². The van der Waals surface area contributed by atoms with Crippen molar-refractivity contribution < 1.29 is 4.39 Å². The normalized spacial score (nSPS) is 10.9. The van der Waals surface area contributed by atoms with Crippen molar-refractivity contribution in [3.8, 4) is 0 Å². The van der Waals surface area contributed by atoms with Crippen LogP contribution >= 0.6 is 11.6 Å². The van der Waals surface area contributed by atoms with Crippen LogP contribution in [0.5, 0.6) is 0 Å². The Labute approximate surface area is 117 Å². The summed E-state index contributed by atoms with van der Waals surface area (Å²) in [5.41, 5.74) is 8.50. The molecule has 0 radical (unpaired) electrons. The summed E-state index contributed by atoms with van der Waals surface area (Å²) in [6.07, 6.45) is 0. The van der Waals surface area contributed by atoms with Crippen molar-refractivity contribution in [1.29, 1.82) is 0 Å². The summed E-state index contributed by atoms with van der Waals surface area (Å²) >= 11 is 6.01. The number of nitrogens with two attached hydrogens (primary N) is 1. The van der Waals surface area contributed by atoms with Gasteiger partial charge in [-0.3, -0.25) is 4.90 Å². The molecule has 19 heavy (non-hydrogen) atoms. The molecule has 2 aromatic rings. The van der Waals surface area contributed by atoms with E-state index in [1.807, 2.05) is 31.3 Å². The number of hydrogen-bond acceptors (Lipinski definition) is 2. The maximum absolute atomic E-state index is 13.0. The smallest absolute Gasteiger partial charge is 0.124 e. The van der Waals surface area contributed by atoms with Crippen LogP contribution in [0.3, 0.4) is 0 Å². The Bertz CT molecular complexity index is 555. The highest BCUT2D eigenvalue weighted by atomic mass is 35.5. The highest BCUT2D eigenvalue weighted by Gasteiger charge is 2.06. The van der Waals surface area contributed by atoms with Crippen molar-refractivity contribution in [3.63, 3.8) is 0 Å². The molecule has 0 aliphatic carbocycles. The molecule has 0 atom stereocenters. The quantitative estimate of drug-likeness (QED) is 0.864. The van der Waals surface area contributed by atoms with Crippen molar-refractivity contribution in [2.24, 2.45) is 0 Å². The summed E-state index contributed by atoms with van der Waals surface area (Å²) in [7, 11) is 2.00. The average molecular weight is 279 g/mol. The van der Waals surface area contributed by atoms with Gasteiger partial charge in [-0.25, -0.2) is 4.39 Å². The Morgan fingerprint density at radius 1 is 1.11 bits per heavy atom. The first-order valence-electron chi connectivity index (χ1n) is 6.01. The van der Waals surface area contributed by atoms with Gasteiger partial charge in [0.05, 0.1) is 0 Å². The van der Waals surface area contributed by atoms with Gasteiger partial charge in [0.25, 0.3) is 0 Å². The highest BCUT2D eigenvalue weighted by Crippen LogP contribution is 2.19. The Kier molecular flexibility index (Phi) is 4.40. The standard InChI is InChI=1S/C15H16ClFN2/c1-19(9-11-2-6-14(18)7-3-11)10-12-4-5-13(17)8-15(12)16/h2-8H,9-10,18H2,1H3. The summed E-state index contributed by atoms with van der Waals surface area (Å²) in [4.78, 5) is 2.12. The van der Waals surface area contributed by atoms with Crippen LogP contribution in [0.2, 0.25) is 5.02 Å². The number of hydrogen-bond donors (Lipinski definition) is 1. The summed E-state index contributed by atoms with van der Waals surface area (Å²) < 4.78 is 13.0. The van der Waals surface area contributed by atoms with Gasteiger partial charge in [-0.2, -0.15) is 0 Å². The lowest BCUT2D eigenvalue weighted by Crippen LogP contribution is -2.17. The topological polar surface area (TPSA) is 29.3 Å². The fraction of sp³-hybridized carbons (Fsp3) is 0.200. The van der Waals surface area contributed by atoms with Crippen LogP contribution in [0.15, 0.2) is 42.5 Å². The molecule has 100 valence electrons. The minimum absolute atomic E-state index is 0.310. The van der Waals surface area contributed by atoms with E-state index in [0.717, 1.165) is 17.8 Å². The molecule has 0 saturated heterocycles. The predicted molar refractivity (Wildman–Crippen MR) is 77.4 cm³/mol. The Balaban J connectivity index is 2.01. The van der Waals surface area contributed by atoms with Crippen LogP contribution in [0, 0.1) is 5.82 Å². The van der Waals surface area contributed by atoms with Crippen LogP contribution in [0.4, 0.5) is 10.1 Å². The van der Waals surface area contributed by atoms with Crippen LogP contribution < -0.4 is 5.73 Å². The van der Waals surface area contributed by atoms with E-state index in [0.29, 0.717) is 11.6 Å². The summed E-state index contributed by atoms with van der Waals surface area (Å²) in [5, 5.41) is 0.462. The van der Waals surface area contributed by atoms with Crippen LogP contribution in [-0.4, -0.2) is 11.9 Å². The molecule has 0 bridgehead atoms. The Hall–Kier alpha value is -1.58. The number of halogens is 2. The second kappa shape index (κ2) is 6.04. The molecule has 0 saturated carbocycles. The van der Waals surface area contributed by atoms with E-state index in [2.05, 4.69) is 4.90 Å².